The monoisotopic (exact) mass is 241 g/mol. The Labute approximate surface area is 103 Å². The quantitative estimate of drug-likeness (QED) is 0.369. The molecule has 0 saturated carbocycles. The van der Waals surface area contributed by atoms with E-state index >= 15 is 0 Å². The van der Waals surface area contributed by atoms with Gasteiger partial charge in [-0.25, -0.2) is 0 Å². The van der Waals surface area contributed by atoms with Crippen molar-refractivity contribution in [2.24, 2.45) is 17.1 Å². The van der Waals surface area contributed by atoms with E-state index in [-0.39, 0.29) is 5.92 Å². The van der Waals surface area contributed by atoms with Gasteiger partial charge in [-0.3, -0.25) is 9.59 Å². The molecule has 2 atom stereocenters. The highest BCUT2D eigenvalue weighted by Gasteiger charge is 2.47. The third-order valence-corrected chi connectivity index (χ3v) is 3.50. The van der Waals surface area contributed by atoms with Crippen molar-refractivity contribution in [3.63, 3.8) is 0 Å². The number of rotatable bonds is 9. The maximum Gasteiger partial charge on any atom is 0.319 e. The van der Waals surface area contributed by atoms with Gasteiger partial charge in [-0.15, -0.1) is 6.58 Å². The van der Waals surface area contributed by atoms with Crippen LogP contribution in [0.5, 0.6) is 0 Å². The molecule has 0 aromatic carbocycles. The van der Waals surface area contributed by atoms with Crippen molar-refractivity contribution < 1.29 is 14.7 Å². The van der Waals surface area contributed by atoms with Gasteiger partial charge < -0.3 is 10.8 Å². The van der Waals surface area contributed by atoms with Crippen molar-refractivity contribution in [1.29, 1.82) is 0 Å². The van der Waals surface area contributed by atoms with Crippen LogP contribution in [0.3, 0.4) is 0 Å². The first-order valence-corrected chi connectivity index (χ1v) is 6.07. The lowest BCUT2D eigenvalue weighted by atomic mass is 9.70. The third-order valence-electron chi connectivity index (χ3n) is 3.50. The molecule has 0 saturated heterocycles. The molecule has 98 valence electrons. The summed E-state index contributed by atoms with van der Waals surface area (Å²) in [6.45, 7) is 7.25. The Morgan fingerprint density at radius 3 is 2.41 bits per heavy atom. The molecule has 4 nitrogen and oxygen atoms in total. The van der Waals surface area contributed by atoms with Crippen molar-refractivity contribution in [3.05, 3.63) is 12.7 Å². The van der Waals surface area contributed by atoms with Crippen LogP contribution in [0.4, 0.5) is 0 Å². The topological polar surface area (TPSA) is 80.4 Å². The normalized spacial score (nSPS) is 15.9. The first-order chi connectivity index (χ1) is 7.93. The molecule has 17 heavy (non-hydrogen) atoms. The van der Waals surface area contributed by atoms with Gasteiger partial charge in [-0.1, -0.05) is 32.8 Å². The van der Waals surface area contributed by atoms with Gasteiger partial charge in [0.15, 0.2) is 0 Å². The van der Waals surface area contributed by atoms with Gasteiger partial charge in [-0.05, 0) is 25.2 Å². The van der Waals surface area contributed by atoms with E-state index < -0.39 is 17.3 Å². The molecule has 0 aliphatic heterocycles. The first kappa shape index (κ1) is 15.7. The lowest BCUT2D eigenvalue weighted by Crippen LogP contribution is -2.48. The second-order valence-corrected chi connectivity index (χ2v) is 4.48. The maximum atomic E-state index is 11.5. The van der Waals surface area contributed by atoms with Gasteiger partial charge in [0.05, 0.1) is 0 Å². The van der Waals surface area contributed by atoms with Crippen LogP contribution in [-0.2, 0) is 9.59 Å². The number of carboxylic acids is 1. The largest absolute Gasteiger partial charge is 0.480 e. The van der Waals surface area contributed by atoms with Crippen LogP contribution in [0.15, 0.2) is 12.7 Å². The molecule has 0 fully saturated rings. The van der Waals surface area contributed by atoms with Crippen LogP contribution in [0.1, 0.15) is 46.0 Å². The number of allylic oxidation sites excluding steroid dienone is 1. The highest BCUT2D eigenvalue weighted by molar-refractivity contribution is 6.01. The Kier molecular flexibility index (Phi) is 6.54. The van der Waals surface area contributed by atoms with Gasteiger partial charge >= 0.3 is 5.97 Å². The predicted molar refractivity (Wildman–Crippen MR) is 67.4 cm³/mol. The van der Waals surface area contributed by atoms with E-state index in [4.69, 9.17) is 5.73 Å². The summed E-state index contributed by atoms with van der Waals surface area (Å²) >= 11 is 0. The minimum atomic E-state index is -1.42. The Morgan fingerprint density at radius 1 is 1.47 bits per heavy atom. The van der Waals surface area contributed by atoms with Gasteiger partial charge in [0.25, 0.3) is 0 Å². The lowest BCUT2D eigenvalue weighted by Gasteiger charge is -2.31. The molecule has 0 aliphatic carbocycles. The van der Waals surface area contributed by atoms with Crippen LogP contribution in [0.25, 0.3) is 0 Å². The van der Waals surface area contributed by atoms with Crippen LogP contribution in [-0.4, -0.2) is 17.0 Å². The third kappa shape index (κ3) is 3.58. The van der Waals surface area contributed by atoms with Crippen LogP contribution < -0.4 is 5.73 Å². The molecule has 0 radical (unpaired) electrons. The van der Waals surface area contributed by atoms with Crippen LogP contribution in [0.2, 0.25) is 0 Å². The number of carbonyl (C=O) groups is 2. The van der Waals surface area contributed by atoms with E-state index in [0.717, 1.165) is 12.8 Å². The molecule has 4 heteroatoms. The van der Waals surface area contributed by atoms with Gasteiger partial charge in [0.2, 0.25) is 5.91 Å². The van der Waals surface area contributed by atoms with E-state index in [0.29, 0.717) is 19.3 Å². The summed E-state index contributed by atoms with van der Waals surface area (Å²) in [6, 6.07) is 0. The van der Waals surface area contributed by atoms with Crippen molar-refractivity contribution >= 4 is 11.9 Å². The van der Waals surface area contributed by atoms with E-state index in [1.54, 1.807) is 13.0 Å². The number of aliphatic carboxylic acids is 1. The minimum absolute atomic E-state index is 0.249. The Balaban J connectivity index is 4.86. The molecule has 0 rings (SSSR count). The van der Waals surface area contributed by atoms with E-state index in [1.165, 1.54) is 0 Å². The fraction of sp³-hybridized carbons (Fsp3) is 0.692. The molecule has 2 unspecified atom stereocenters. The average Bonchev–Trinajstić information content (AvgIpc) is 2.27. The van der Waals surface area contributed by atoms with Crippen molar-refractivity contribution in [1.82, 2.24) is 0 Å². The van der Waals surface area contributed by atoms with Crippen molar-refractivity contribution in [2.45, 2.75) is 46.0 Å². The molecule has 0 aliphatic rings. The van der Waals surface area contributed by atoms with Crippen molar-refractivity contribution in [3.8, 4) is 0 Å². The molecular formula is C13H23NO3. The number of unbranched alkanes of at least 4 members (excludes halogenated alkanes) is 2. The fourth-order valence-electron chi connectivity index (χ4n) is 2.08. The van der Waals surface area contributed by atoms with Gasteiger partial charge in [-0.2, -0.15) is 0 Å². The number of nitrogens with two attached hydrogens (primary N) is 1. The Bertz CT molecular complexity index is 272. The molecule has 0 aromatic rings. The molecule has 0 bridgehead atoms. The SMILES string of the molecule is C=CCCCCC(C(N)=O)(C(=O)O)C(C)CC. The molecule has 0 heterocycles. The fourth-order valence-corrected chi connectivity index (χ4v) is 2.08. The zero-order valence-corrected chi connectivity index (χ0v) is 10.7. The standard InChI is InChI=1S/C13H23NO3/c1-4-6-7-8-9-13(11(14)15,12(16)17)10(3)5-2/h4,10H,1,5-9H2,2-3H3,(H2,14,15)(H,16,17). The number of carbonyl (C=O) groups excluding carboxylic acids is 1. The molecule has 0 aromatic heterocycles. The first-order valence-electron chi connectivity index (χ1n) is 6.07. The van der Waals surface area contributed by atoms with E-state index in [1.807, 2.05) is 6.92 Å². The summed E-state index contributed by atoms with van der Waals surface area (Å²) in [6.07, 6.45) is 5.05. The summed E-state index contributed by atoms with van der Waals surface area (Å²) < 4.78 is 0. The maximum absolute atomic E-state index is 11.5. The molecule has 1 amide bonds. The van der Waals surface area contributed by atoms with Crippen molar-refractivity contribution in [2.75, 3.05) is 0 Å². The minimum Gasteiger partial charge on any atom is -0.480 e. The number of primary amides is 1. The Hall–Kier alpha value is -1.32. The zero-order valence-electron chi connectivity index (χ0n) is 10.7. The highest BCUT2D eigenvalue weighted by atomic mass is 16.4. The number of hydrogen-bond acceptors (Lipinski definition) is 2. The molecule has 0 spiro atoms. The number of carboxylic acid groups (broad SMARTS) is 1. The number of amides is 1. The average molecular weight is 241 g/mol. The van der Waals surface area contributed by atoms with E-state index in [2.05, 4.69) is 6.58 Å². The van der Waals surface area contributed by atoms with E-state index in [9.17, 15) is 14.7 Å². The second kappa shape index (κ2) is 7.09. The molecule has 3 N–H and O–H groups in total. The predicted octanol–water partition coefficient (Wildman–Crippen LogP) is 2.34. The summed E-state index contributed by atoms with van der Waals surface area (Å²) in [5.74, 6) is -2.07. The zero-order chi connectivity index (χ0) is 13.5. The highest BCUT2D eigenvalue weighted by Crippen LogP contribution is 2.36. The van der Waals surface area contributed by atoms with Crippen LogP contribution in [0, 0.1) is 11.3 Å². The molecular weight excluding hydrogens is 218 g/mol. The van der Waals surface area contributed by atoms with Gasteiger partial charge in [0.1, 0.15) is 5.41 Å². The van der Waals surface area contributed by atoms with Gasteiger partial charge in [0, 0.05) is 0 Å². The smallest absolute Gasteiger partial charge is 0.319 e. The summed E-state index contributed by atoms with van der Waals surface area (Å²) in [5.41, 5.74) is 3.90. The summed E-state index contributed by atoms with van der Waals surface area (Å²) in [5, 5.41) is 9.33. The summed E-state index contributed by atoms with van der Waals surface area (Å²) in [7, 11) is 0. The van der Waals surface area contributed by atoms with Crippen LogP contribution >= 0.6 is 0 Å². The lowest BCUT2D eigenvalue weighted by molar-refractivity contribution is -0.159. The number of hydrogen-bond donors (Lipinski definition) is 2. The Morgan fingerprint density at radius 2 is 2.06 bits per heavy atom. The second-order valence-electron chi connectivity index (χ2n) is 4.48. The summed E-state index contributed by atoms with van der Waals surface area (Å²) in [4.78, 5) is 23.0.